The predicted molar refractivity (Wildman–Crippen MR) is 125 cm³/mol. The maximum atomic E-state index is 5.75. The van der Waals surface area contributed by atoms with Crippen LogP contribution in [0.5, 0.6) is 0 Å². The quantitative estimate of drug-likeness (QED) is 0.187. The highest BCUT2D eigenvalue weighted by atomic mass is 127. The van der Waals surface area contributed by atoms with Crippen LogP contribution in [0.3, 0.4) is 0 Å². The van der Waals surface area contributed by atoms with Gasteiger partial charge in [-0.15, -0.1) is 24.0 Å². The van der Waals surface area contributed by atoms with Crippen LogP contribution in [-0.2, 0) is 20.6 Å². The summed E-state index contributed by atoms with van der Waals surface area (Å²) in [5.41, 5.74) is 1.33. The molecule has 1 aromatic carbocycles. The predicted octanol–water partition coefficient (Wildman–Crippen LogP) is 3.00. The molecule has 0 amide bonds. The fraction of sp³-hybridized carbons (Fsp3) is 0.667. The first-order chi connectivity index (χ1) is 13.4. The van der Waals surface area contributed by atoms with Gasteiger partial charge in [0.25, 0.3) is 0 Å². The zero-order valence-electron chi connectivity index (χ0n) is 17.0. The number of rotatable bonds is 13. The molecule has 0 aromatic heterocycles. The number of nitrogens with one attached hydrogen (secondary N) is 2. The molecule has 7 heteroatoms. The minimum Gasteiger partial charge on any atom is -0.381 e. The molecular weight excluding hydrogens is 469 g/mol. The Morgan fingerprint density at radius 3 is 2.57 bits per heavy atom. The lowest BCUT2D eigenvalue weighted by Crippen LogP contribution is -2.38. The number of nitrogens with zero attached hydrogens (tertiary/aromatic N) is 1. The first-order valence-electron chi connectivity index (χ1n) is 10.1. The highest BCUT2D eigenvalue weighted by Crippen LogP contribution is 2.07. The number of aliphatic imine (C=N–C) groups is 1. The zero-order valence-corrected chi connectivity index (χ0v) is 19.4. The fourth-order valence-corrected chi connectivity index (χ4v) is 2.87. The Kier molecular flexibility index (Phi) is 15.3. The van der Waals surface area contributed by atoms with Crippen molar-refractivity contribution < 1.29 is 14.2 Å². The molecular formula is C21H36IN3O3. The van der Waals surface area contributed by atoms with Gasteiger partial charge in [-0.25, -0.2) is 0 Å². The van der Waals surface area contributed by atoms with Crippen LogP contribution in [0.25, 0.3) is 0 Å². The molecule has 0 saturated carbocycles. The van der Waals surface area contributed by atoms with Crippen molar-refractivity contribution in [3.05, 3.63) is 35.9 Å². The van der Waals surface area contributed by atoms with Gasteiger partial charge in [-0.1, -0.05) is 30.3 Å². The molecule has 2 rings (SSSR count). The van der Waals surface area contributed by atoms with E-state index in [4.69, 9.17) is 14.2 Å². The Bertz CT molecular complexity index is 511. The van der Waals surface area contributed by atoms with Gasteiger partial charge in [-0.05, 0) is 37.7 Å². The number of unbranched alkanes of at least 4 members (excludes halogenated alkanes) is 1. The lowest BCUT2D eigenvalue weighted by atomic mass is 10.2. The second kappa shape index (κ2) is 17.0. The van der Waals surface area contributed by atoms with Crippen molar-refractivity contribution in [2.24, 2.45) is 4.99 Å². The molecule has 1 atom stereocenters. The number of ether oxygens (including phenoxy) is 3. The Labute approximate surface area is 186 Å². The molecule has 0 aliphatic carbocycles. The van der Waals surface area contributed by atoms with Crippen LogP contribution in [0.4, 0.5) is 0 Å². The van der Waals surface area contributed by atoms with Crippen LogP contribution in [0.1, 0.15) is 31.2 Å². The summed E-state index contributed by atoms with van der Waals surface area (Å²) in [6.07, 6.45) is 5.37. The van der Waals surface area contributed by atoms with Gasteiger partial charge in [0.2, 0.25) is 0 Å². The lowest BCUT2D eigenvalue weighted by Gasteiger charge is -2.13. The van der Waals surface area contributed by atoms with Gasteiger partial charge in [-0.3, -0.25) is 4.99 Å². The van der Waals surface area contributed by atoms with Gasteiger partial charge < -0.3 is 24.8 Å². The van der Waals surface area contributed by atoms with E-state index in [2.05, 4.69) is 39.9 Å². The van der Waals surface area contributed by atoms with Crippen molar-refractivity contribution in [3.63, 3.8) is 0 Å². The number of hydrogen-bond donors (Lipinski definition) is 2. The van der Waals surface area contributed by atoms with Gasteiger partial charge in [0.05, 0.1) is 19.3 Å². The third kappa shape index (κ3) is 11.8. The van der Waals surface area contributed by atoms with Crippen LogP contribution >= 0.6 is 24.0 Å². The van der Waals surface area contributed by atoms with Crippen LogP contribution in [0.2, 0.25) is 0 Å². The molecule has 2 N–H and O–H groups in total. The molecule has 1 saturated heterocycles. The molecule has 1 aliphatic heterocycles. The van der Waals surface area contributed by atoms with E-state index in [0.29, 0.717) is 0 Å². The van der Waals surface area contributed by atoms with Crippen LogP contribution in [-0.4, -0.2) is 65.2 Å². The molecule has 160 valence electrons. The largest absolute Gasteiger partial charge is 0.381 e. The van der Waals surface area contributed by atoms with Gasteiger partial charge >= 0.3 is 0 Å². The average molecular weight is 505 g/mol. The lowest BCUT2D eigenvalue weighted by molar-refractivity contribution is 0.0420. The van der Waals surface area contributed by atoms with E-state index in [1.54, 1.807) is 7.05 Å². The maximum absolute atomic E-state index is 5.75. The summed E-state index contributed by atoms with van der Waals surface area (Å²) < 4.78 is 16.8. The van der Waals surface area contributed by atoms with Crippen LogP contribution in [0, 0.1) is 0 Å². The first-order valence-corrected chi connectivity index (χ1v) is 10.1. The van der Waals surface area contributed by atoms with Gasteiger partial charge in [0.1, 0.15) is 0 Å². The molecule has 1 aliphatic rings. The first kappa shape index (κ1) is 25.1. The summed E-state index contributed by atoms with van der Waals surface area (Å²) in [6, 6.07) is 10.5. The molecule has 0 spiro atoms. The monoisotopic (exact) mass is 505 g/mol. The summed E-state index contributed by atoms with van der Waals surface area (Å²) in [4.78, 5) is 4.25. The Morgan fingerprint density at radius 1 is 1.07 bits per heavy atom. The van der Waals surface area contributed by atoms with E-state index in [0.717, 1.165) is 84.2 Å². The van der Waals surface area contributed by atoms with Gasteiger partial charge in [0.15, 0.2) is 5.96 Å². The second-order valence-electron chi connectivity index (χ2n) is 6.69. The normalized spacial score (nSPS) is 16.6. The smallest absolute Gasteiger partial charge is 0.190 e. The molecule has 28 heavy (non-hydrogen) atoms. The molecule has 1 fully saturated rings. The van der Waals surface area contributed by atoms with Gasteiger partial charge in [-0.2, -0.15) is 0 Å². The Hall–Kier alpha value is -0.900. The molecule has 6 nitrogen and oxygen atoms in total. The summed E-state index contributed by atoms with van der Waals surface area (Å²) >= 11 is 0. The van der Waals surface area contributed by atoms with E-state index >= 15 is 0 Å². The molecule has 1 unspecified atom stereocenters. The molecule has 0 radical (unpaired) electrons. The number of benzene rings is 1. The summed E-state index contributed by atoms with van der Waals surface area (Å²) in [5.74, 6) is 0.851. The van der Waals surface area contributed by atoms with Crippen molar-refractivity contribution in [3.8, 4) is 0 Å². The Balaban J connectivity index is 0.00000392. The standard InChI is InChI=1S/C21H35N3O3.HI/c1-22-21(24-13-7-15-27-20-11-17-26-18-20)23-12-5-6-14-25-16-10-19-8-3-2-4-9-19;/h2-4,8-9,20H,5-7,10-18H2,1H3,(H2,22,23,24);1H. The summed E-state index contributed by atoms with van der Waals surface area (Å²) in [6.45, 7) is 5.69. The van der Waals surface area contributed by atoms with Gasteiger partial charge in [0, 0.05) is 40.0 Å². The fourth-order valence-electron chi connectivity index (χ4n) is 2.87. The number of halogens is 1. The highest BCUT2D eigenvalue weighted by Gasteiger charge is 2.15. The van der Waals surface area contributed by atoms with Crippen LogP contribution < -0.4 is 10.6 Å². The third-order valence-electron chi connectivity index (χ3n) is 4.46. The van der Waals surface area contributed by atoms with E-state index in [9.17, 15) is 0 Å². The second-order valence-corrected chi connectivity index (χ2v) is 6.69. The summed E-state index contributed by atoms with van der Waals surface area (Å²) in [7, 11) is 1.80. The highest BCUT2D eigenvalue weighted by molar-refractivity contribution is 14.0. The van der Waals surface area contributed by atoms with E-state index in [-0.39, 0.29) is 30.1 Å². The molecule has 1 aromatic rings. The third-order valence-corrected chi connectivity index (χ3v) is 4.46. The molecule has 0 bridgehead atoms. The van der Waals surface area contributed by atoms with Crippen molar-refractivity contribution in [1.29, 1.82) is 0 Å². The number of hydrogen-bond acceptors (Lipinski definition) is 4. The maximum Gasteiger partial charge on any atom is 0.190 e. The Morgan fingerprint density at radius 2 is 1.86 bits per heavy atom. The number of guanidine groups is 1. The van der Waals surface area contributed by atoms with Crippen molar-refractivity contribution in [2.75, 3.05) is 53.2 Å². The minimum absolute atomic E-state index is 0. The topological polar surface area (TPSA) is 64.1 Å². The zero-order chi connectivity index (χ0) is 19.0. The summed E-state index contributed by atoms with van der Waals surface area (Å²) in [5, 5.41) is 6.66. The SMILES string of the molecule is CN=C(NCCCCOCCc1ccccc1)NCCCOC1CCOC1.I. The van der Waals surface area contributed by atoms with E-state index in [1.165, 1.54) is 5.56 Å². The van der Waals surface area contributed by atoms with Crippen molar-refractivity contribution >= 4 is 29.9 Å². The van der Waals surface area contributed by atoms with E-state index in [1.807, 2.05) is 6.07 Å². The molecule has 1 heterocycles. The van der Waals surface area contributed by atoms with Crippen molar-refractivity contribution in [2.45, 2.75) is 38.2 Å². The average Bonchev–Trinajstić information content (AvgIpc) is 3.22. The van der Waals surface area contributed by atoms with Crippen LogP contribution in [0.15, 0.2) is 35.3 Å². The minimum atomic E-state index is 0. The van der Waals surface area contributed by atoms with Crippen molar-refractivity contribution in [1.82, 2.24) is 10.6 Å². The van der Waals surface area contributed by atoms with E-state index < -0.39 is 0 Å².